The first-order valence-corrected chi connectivity index (χ1v) is 10.8. The molecule has 166 valence electrons. The Morgan fingerprint density at radius 3 is 2.39 bits per heavy atom. The van der Waals surface area contributed by atoms with Crippen LogP contribution in [-0.4, -0.2) is 59.3 Å². The fourth-order valence-electron chi connectivity index (χ4n) is 4.00. The van der Waals surface area contributed by atoms with E-state index in [9.17, 15) is 9.59 Å². The minimum absolute atomic E-state index is 0.0752. The SMILES string of the molecule is C=C(C)c1cccc(C(C)(C)NC(=O)N2CCN(CC(=O)c3cc(C)[nH]c3C)CC2)c1. The molecule has 1 aliphatic rings. The second-order valence-electron chi connectivity index (χ2n) is 9.09. The maximum absolute atomic E-state index is 12.9. The van der Waals surface area contributed by atoms with Crippen molar-refractivity contribution in [3.05, 3.63) is 65.0 Å². The van der Waals surface area contributed by atoms with Crippen molar-refractivity contribution in [1.29, 1.82) is 0 Å². The number of aromatic amines is 1. The van der Waals surface area contributed by atoms with Crippen molar-refractivity contribution in [3.63, 3.8) is 0 Å². The minimum Gasteiger partial charge on any atom is -0.362 e. The van der Waals surface area contributed by atoms with Crippen LogP contribution in [0.5, 0.6) is 0 Å². The van der Waals surface area contributed by atoms with E-state index in [1.807, 2.05) is 63.8 Å². The Labute approximate surface area is 185 Å². The van der Waals surface area contributed by atoms with E-state index in [0.29, 0.717) is 32.7 Å². The van der Waals surface area contributed by atoms with E-state index in [1.54, 1.807) is 0 Å². The first-order chi connectivity index (χ1) is 14.6. The van der Waals surface area contributed by atoms with Gasteiger partial charge in [-0.25, -0.2) is 4.79 Å². The van der Waals surface area contributed by atoms with Crippen molar-refractivity contribution < 1.29 is 9.59 Å². The highest BCUT2D eigenvalue weighted by Gasteiger charge is 2.28. The van der Waals surface area contributed by atoms with Gasteiger partial charge in [-0.3, -0.25) is 9.69 Å². The fourth-order valence-corrected chi connectivity index (χ4v) is 4.00. The molecule has 0 spiro atoms. The van der Waals surface area contributed by atoms with Crippen LogP contribution in [0, 0.1) is 13.8 Å². The van der Waals surface area contributed by atoms with Crippen molar-refractivity contribution in [2.24, 2.45) is 0 Å². The number of ketones is 1. The number of allylic oxidation sites excluding steroid dienone is 1. The lowest BCUT2D eigenvalue weighted by Gasteiger charge is -2.37. The number of Topliss-reactive ketones (excluding diaryl/α,β-unsaturated/α-hetero) is 1. The molecule has 2 heterocycles. The molecule has 0 radical (unpaired) electrons. The van der Waals surface area contributed by atoms with Crippen LogP contribution >= 0.6 is 0 Å². The number of carbonyl (C=O) groups is 2. The summed E-state index contributed by atoms with van der Waals surface area (Å²) in [6.07, 6.45) is 0. The second kappa shape index (κ2) is 9.10. The first-order valence-electron chi connectivity index (χ1n) is 10.8. The number of hydrogen-bond donors (Lipinski definition) is 2. The lowest BCUT2D eigenvalue weighted by Crippen LogP contribution is -2.55. The molecular weight excluding hydrogens is 388 g/mol. The zero-order valence-corrected chi connectivity index (χ0v) is 19.3. The molecule has 1 fully saturated rings. The quantitative estimate of drug-likeness (QED) is 0.689. The summed E-state index contributed by atoms with van der Waals surface area (Å²) in [5.74, 6) is 0.123. The Balaban J connectivity index is 1.55. The molecule has 0 saturated carbocycles. The zero-order chi connectivity index (χ0) is 22.8. The summed E-state index contributed by atoms with van der Waals surface area (Å²) in [5, 5.41) is 3.17. The lowest BCUT2D eigenvalue weighted by atomic mass is 9.92. The molecule has 2 N–H and O–H groups in total. The molecule has 6 heteroatoms. The summed E-state index contributed by atoms with van der Waals surface area (Å²) in [6.45, 7) is 16.9. The molecule has 1 aliphatic heterocycles. The molecule has 1 aromatic heterocycles. The summed E-state index contributed by atoms with van der Waals surface area (Å²) < 4.78 is 0. The van der Waals surface area contributed by atoms with Crippen LogP contribution in [0.2, 0.25) is 0 Å². The molecule has 0 bridgehead atoms. The van der Waals surface area contributed by atoms with Crippen molar-refractivity contribution in [2.45, 2.75) is 40.2 Å². The summed E-state index contributed by atoms with van der Waals surface area (Å²) in [4.78, 5) is 32.7. The van der Waals surface area contributed by atoms with Gasteiger partial charge in [0.05, 0.1) is 12.1 Å². The largest absolute Gasteiger partial charge is 0.362 e. The number of H-pyrrole nitrogens is 1. The van der Waals surface area contributed by atoms with Crippen molar-refractivity contribution in [3.8, 4) is 0 Å². The topological polar surface area (TPSA) is 68.4 Å². The van der Waals surface area contributed by atoms with Gasteiger partial charge in [0.15, 0.2) is 5.78 Å². The van der Waals surface area contributed by atoms with Crippen molar-refractivity contribution in [1.82, 2.24) is 20.1 Å². The van der Waals surface area contributed by atoms with E-state index < -0.39 is 5.54 Å². The average molecular weight is 423 g/mol. The average Bonchev–Trinajstić information content (AvgIpc) is 3.06. The molecule has 2 aromatic rings. The zero-order valence-electron chi connectivity index (χ0n) is 19.3. The number of nitrogens with zero attached hydrogens (tertiary/aromatic N) is 2. The van der Waals surface area contributed by atoms with Crippen LogP contribution in [0.25, 0.3) is 5.57 Å². The summed E-state index contributed by atoms with van der Waals surface area (Å²) >= 11 is 0. The maximum atomic E-state index is 12.9. The number of benzene rings is 1. The number of aryl methyl sites for hydroxylation is 2. The lowest BCUT2D eigenvalue weighted by molar-refractivity contribution is 0.0874. The van der Waals surface area contributed by atoms with Crippen LogP contribution in [0.15, 0.2) is 36.9 Å². The van der Waals surface area contributed by atoms with E-state index in [0.717, 1.165) is 33.7 Å². The summed E-state index contributed by atoms with van der Waals surface area (Å²) in [6, 6.07) is 9.97. The van der Waals surface area contributed by atoms with Crippen molar-refractivity contribution >= 4 is 17.4 Å². The number of aromatic nitrogens is 1. The predicted molar refractivity (Wildman–Crippen MR) is 125 cm³/mol. The van der Waals surface area contributed by atoms with Gasteiger partial charge in [0, 0.05) is 43.1 Å². The highest BCUT2D eigenvalue weighted by molar-refractivity contribution is 5.98. The molecule has 3 rings (SSSR count). The molecule has 6 nitrogen and oxygen atoms in total. The number of hydrogen-bond acceptors (Lipinski definition) is 3. The standard InChI is InChI=1S/C25H34N4O2/c1-17(2)20-8-7-9-21(15-20)25(5,6)27-24(31)29-12-10-28(11-13-29)16-23(30)22-14-18(3)26-19(22)4/h7-9,14-15,26H,1,10-13,16H2,2-6H3,(H,27,31). The van der Waals surface area contributed by atoms with Gasteiger partial charge >= 0.3 is 6.03 Å². The third-order valence-electron chi connectivity index (χ3n) is 5.97. The number of carbonyl (C=O) groups excluding carboxylic acids is 2. The van der Waals surface area contributed by atoms with E-state index in [2.05, 4.69) is 27.8 Å². The number of piperazine rings is 1. The number of amides is 2. The maximum Gasteiger partial charge on any atom is 0.318 e. The molecule has 0 aliphatic carbocycles. The van der Waals surface area contributed by atoms with Gasteiger partial charge in [-0.05, 0) is 57.9 Å². The summed E-state index contributed by atoms with van der Waals surface area (Å²) in [7, 11) is 0. The molecule has 1 saturated heterocycles. The highest BCUT2D eigenvalue weighted by atomic mass is 16.2. The van der Waals surface area contributed by atoms with Gasteiger partial charge < -0.3 is 15.2 Å². The van der Waals surface area contributed by atoms with E-state index in [1.165, 1.54) is 0 Å². The third kappa shape index (κ3) is 5.44. The van der Waals surface area contributed by atoms with Crippen LogP contribution in [0.1, 0.15) is 53.6 Å². The molecule has 0 atom stereocenters. The molecular formula is C25H34N4O2. The molecule has 1 aromatic carbocycles. The van der Waals surface area contributed by atoms with Crippen LogP contribution in [0.4, 0.5) is 4.79 Å². The predicted octanol–water partition coefficient (Wildman–Crippen LogP) is 4.11. The minimum atomic E-state index is -0.501. The Kier molecular flexibility index (Phi) is 6.70. The monoisotopic (exact) mass is 422 g/mol. The van der Waals surface area contributed by atoms with Gasteiger partial charge in [-0.2, -0.15) is 0 Å². The number of nitrogens with one attached hydrogen (secondary N) is 2. The van der Waals surface area contributed by atoms with Crippen LogP contribution < -0.4 is 5.32 Å². The first kappa shape index (κ1) is 22.8. The Morgan fingerprint density at radius 1 is 1.13 bits per heavy atom. The third-order valence-corrected chi connectivity index (χ3v) is 5.97. The Morgan fingerprint density at radius 2 is 1.81 bits per heavy atom. The van der Waals surface area contributed by atoms with Gasteiger partial charge in [-0.15, -0.1) is 0 Å². The van der Waals surface area contributed by atoms with E-state index in [4.69, 9.17) is 0 Å². The van der Waals surface area contributed by atoms with E-state index >= 15 is 0 Å². The van der Waals surface area contributed by atoms with Gasteiger partial charge in [-0.1, -0.05) is 30.4 Å². The second-order valence-corrected chi connectivity index (χ2v) is 9.09. The molecule has 31 heavy (non-hydrogen) atoms. The fraction of sp³-hybridized carbons (Fsp3) is 0.440. The van der Waals surface area contributed by atoms with E-state index in [-0.39, 0.29) is 11.8 Å². The Hall–Kier alpha value is -2.86. The number of urea groups is 1. The summed E-state index contributed by atoms with van der Waals surface area (Å²) in [5.41, 5.74) is 5.29. The van der Waals surface area contributed by atoms with Crippen LogP contribution in [-0.2, 0) is 5.54 Å². The molecule has 0 unspecified atom stereocenters. The number of rotatable bonds is 6. The smallest absolute Gasteiger partial charge is 0.318 e. The normalized spacial score (nSPS) is 15.1. The Bertz CT molecular complexity index is 981. The van der Waals surface area contributed by atoms with Crippen molar-refractivity contribution in [2.75, 3.05) is 32.7 Å². The van der Waals surface area contributed by atoms with Crippen LogP contribution in [0.3, 0.4) is 0 Å². The molecule has 2 amide bonds. The van der Waals surface area contributed by atoms with Gasteiger partial charge in [0.25, 0.3) is 0 Å². The van der Waals surface area contributed by atoms with Gasteiger partial charge in [0.1, 0.15) is 0 Å². The highest BCUT2D eigenvalue weighted by Crippen LogP contribution is 2.24. The van der Waals surface area contributed by atoms with Gasteiger partial charge in [0.2, 0.25) is 0 Å².